The van der Waals surface area contributed by atoms with Gasteiger partial charge in [0.25, 0.3) is 5.91 Å². The Hall–Kier alpha value is -3.79. The van der Waals surface area contributed by atoms with Crippen LogP contribution in [0.3, 0.4) is 0 Å². The number of amides is 2. The standard InChI is InChI=1S/C27H25F3N4O3/c1-3-34-24-21(19-7-9-37-14-22(19)26(34)36)10-17(13-32-24)20-12-18(5-4-15(20)2)33-25(35)16-6-8-31-23(11-16)27(28,29)30/h4-6,8,10-13,19,22H,3,7,9,14H2,1-2H3,(H,33,35)/t19-,22+/m1/s1. The SMILES string of the molecule is CCN1C(=O)[C@H]2COCC[C@@H]2c2cc(-c3cc(NC(=O)c4ccnc(C(F)(F)F)c4)ccc3C)cnc21. The molecule has 1 aromatic carbocycles. The number of alkyl halides is 3. The first-order valence-electron chi connectivity index (χ1n) is 12.0. The lowest BCUT2D eigenvalue weighted by Gasteiger charge is -2.40. The van der Waals surface area contributed by atoms with Gasteiger partial charge in [0.05, 0.1) is 12.5 Å². The van der Waals surface area contributed by atoms with Crippen LogP contribution in [0, 0.1) is 12.8 Å². The number of anilines is 2. The smallest absolute Gasteiger partial charge is 0.381 e. The molecule has 0 unspecified atom stereocenters. The summed E-state index contributed by atoms with van der Waals surface area (Å²) in [7, 11) is 0. The molecule has 0 saturated carbocycles. The van der Waals surface area contributed by atoms with Gasteiger partial charge in [-0.3, -0.25) is 19.5 Å². The normalized spacial score (nSPS) is 19.3. The highest BCUT2D eigenvalue weighted by atomic mass is 19.4. The minimum absolute atomic E-state index is 0.0178. The van der Waals surface area contributed by atoms with Crippen LogP contribution in [-0.4, -0.2) is 41.5 Å². The molecule has 4 heterocycles. The highest BCUT2D eigenvalue weighted by Gasteiger charge is 2.42. The third kappa shape index (κ3) is 4.69. The minimum Gasteiger partial charge on any atom is -0.381 e. The quantitative estimate of drug-likeness (QED) is 0.521. The summed E-state index contributed by atoms with van der Waals surface area (Å²) in [6.45, 7) is 5.31. The van der Waals surface area contributed by atoms with Crippen molar-refractivity contribution in [1.29, 1.82) is 0 Å². The molecule has 1 fully saturated rings. The number of carbonyl (C=O) groups is 2. The highest BCUT2D eigenvalue weighted by molar-refractivity contribution is 6.04. The molecule has 1 saturated heterocycles. The van der Waals surface area contributed by atoms with Crippen molar-refractivity contribution < 1.29 is 27.5 Å². The third-order valence-electron chi connectivity index (χ3n) is 6.93. The zero-order valence-corrected chi connectivity index (χ0v) is 20.3. The molecule has 2 atom stereocenters. The first-order chi connectivity index (χ1) is 17.7. The Balaban J connectivity index is 1.47. The van der Waals surface area contributed by atoms with E-state index >= 15 is 0 Å². The lowest BCUT2D eigenvalue weighted by Crippen LogP contribution is -2.47. The number of rotatable bonds is 4. The van der Waals surface area contributed by atoms with Crippen LogP contribution in [0.25, 0.3) is 11.1 Å². The molecule has 2 aliphatic rings. The summed E-state index contributed by atoms with van der Waals surface area (Å²) < 4.78 is 44.6. The Morgan fingerprint density at radius 1 is 1.16 bits per heavy atom. The summed E-state index contributed by atoms with van der Waals surface area (Å²) in [5, 5.41) is 2.68. The topological polar surface area (TPSA) is 84.4 Å². The molecule has 2 aliphatic heterocycles. The maximum Gasteiger partial charge on any atom is 0.433 e. The van der Waals surface area contributed by atoms with E-state index in [4.69, 9.17) is 4.74 Å². The Kier molecular flexibility index (Phi) is 6.45. The van der Waals surface area contributed by atoms with E-state index in [1.165, 1.54) is 6.07 Å². The van der Waals surface area contributed by atoms with E-state index in [9.17, 15) is 22.8 Å². The number of halogens is 3. The molecule has 1 N–H and O–H groups in total. The Morgan fingerprint density at radius 2 is 1.97 bits per heavy atom. The van der Waals surface area contributed by atoms with Crippen molar-refractivity contribution in [3.05, 3.63) is 71.2 Å². The second-order valence-corrected chi connectivity index (χ2v) is 9.21. The second-order valence-electron chi connectivity index (χ2n) is 9.21. The summed E-state index contributed by atoms with van der Waals surface area (Å²) in [6, 6.07) is 9.31. The first-order valence-corrected chi connectivity index (χ1v) is 12.0. The van der Waals surface area contributed by atoms with Gasteiger partial charge in [-0.1, -0.05) is 6.07 Å². The fraction of sp³-hybridized carbons (Fsp3) is 0.333. The molecule has 0 aliphatic carbocycles. The number of aryl methyl sites for hydroxylation is 1. The summed E-state index contributed by atoms with van der Waals surface area (Å²) in [4.78, 5) is 35.4. The van der Waals surface area contributed by atoms with Crippen molar-refractivity contribution in [2.45, 2.75) is 32.4 Å². The second kappa shape index (κ2) is 9.59. The van der Waals surface area contributed by atoms with Crippen molar-refractivity contribution in [2.75, 3.05) is 30.0 Å². The Bertz CT molecular complexity index is 1380. The van der Waals surface area contributed by atoms with Gasteiger partial charge in [0.15, 0.2) is 0 Å². The van der Waals surface area contributed by atoms with Crippen LogP contribution in [0.15, 0.2) is 48.8 Å². The third-order valence-corrected chi connectivity index (χ3v) is 6.93. The van der Waals surface area contributed by atoms with Gasteiger partial charge >= 0.3 is 6.18 Å². The summed E-state index contributed by atoms with van der Waals surface area (Å²) in [5.74, 6) is -0.199. The molecule has 5 rings (SSSR count). The first kappa shape index (κ1) is 24.9. The van der Waals surface area contributed by atoms with Crippen molar-refractivity contribution in [3.8, 4) is 11.1 Å². The van der Waals surface area contributed by atoms with Crippen molar-refractivity contribution in [3.63, 3.8) is 0 Å². The van der Waals surface area contributed by atoms with Gasteiger partial charge in [0.1, 0.15) is 11.5 Å². The molecule has 0 bridgehead atoms. The van der Waals surface area contributed by atoms with Crippen LogP contribution in [-0.2, 0) is 15.7 Å². The van der Waals surface area contributed by atoms with Crippen LogP contribution in [0.4, 0.5) is 24.7 Å². The summed E-state index contributed by atoms with van der Waals surface area (Å²) in [6.07, 6.45) is -1.24. The number of aromatic nitrogens is 2. The zero-order chi connectivity index (χ0) is 26.3. The maximum absolute atomic E-state index is 13.0. The van der Waals surface area contributed by atoms with E-state index in [-0.39, 0.29) is 23.3 Å². The lowest BCUT2D eigenvalue weighted by atomic mass is 9.78. The number of benzene rings is 1. The Morgan fingerprint density at radius 3 is 2.73 bits per heavy atom. The van der Waals surface area contributed by atoms with Crippen molar-refractivity contribution in [2.24, 2.45) is 5.92 Å². The molecule has 2 aromatic heterocycles. The molecule has 192 valence electrons. The minimum atomic E-state index is -4.64. The molecule has 3 aromatic rings. The number of carbonyl (C=O) groups excluding carboxylic acids is 2. The lowest BCUT2D eigenvalue weighted by molar-refractivity contribution is -0.141. The maximum atomic E-state index is 13.0. The van der Waals surface area contributed by atoms with Gasteiger partial charge in [-0.2, -0.15) is 13.2 Å². The fourth-order valence-corrected chi connectivity index (χ4v) is 5.02. The molecule has 10 heteroatoms. The van der Waals surface area contributed by atoms with Gasteiger partial charge in [-0.25, -0.2) is 4.98 Å². The number of nitrogens with one attached hydrogen (secondary N) is 1. The fourth-order valence-electron chi connectivity index (χ4n) is 5.02. The van der Waals surface area contributed by atoms with Crippen LogP contribution in [0.1, 0.15) is 46.4 Å². The monoisotopic (exact) mass is 510 g/mol. The predicted octanol–water partition coefficient (Wildman–Crippen LogP) is 5.21. The number of hydrogen-bond donors (Lipinski definition) is 1. The van der Waals surface area contributed by atoms with E-state index in [1.54, 1.807) is 23.2 Å². The van der Waals surface area contributed by atoms with Crippen molar-refractivity contribution >= 4 is 23.3 Å². The van der Waals surface area contributed by atoms with E-state index in [1.807, 2.05) is 26.0 Å². The zero-order valence-electron chi connectivity index (χ0n) is 20.3. The highest BCUT2D eigenvalue weighted by Crippen LogP contribution is 2.44. The van der Waals surface area contributed by atoms with Gasteiger partial charge in [0.2, 0.25) is 5.91 Å². The number of ether oxygens (including phenoxy) is 1. The number of pyridine rings is 2. The summed E-state index contributed by atoms with van der Waals surface area (Å²) in [5.41, 5.74) is 2.74. The van der Waals surface area contributed by atoms with E-state index in [0.717, 1.165) is 40.9 Å². The molecule has 37 heavy (non-hydrogen) atoms. The predicted molar refractivity (Wildman–Crippen MR) is 131 cm³/mol. The number of nitrogens with zero attached hydrogens (tertiary/aromatic N) is 3. The summed E-state index contributed by atoms with van der Waals surface area (Å²) >= 11 is 0. The van der Waals surface area contributed by atoms with Crippen LogP contribution >= 0.6 is 0 Å². The molecular weight excluding hydrogens is 485 g/mol. The number of fused-ring (bicyclic) bond motifs is 3. The number of hydrogen-bond acceptors (Lipinski definition) is 5. The van der Waals surface area contributed by atoms with Crippen molar-refractivity contribution in [1.82, 2.24) is 9.97 Å². The van der Waals surface area contributed by atoms with Crippen LogP contribution < -0.4 is 10.2 Å². The molecule has 7 nitrogen and oxygen atoms in total. The van der Waals surface area contributed by atoms with E-state index in [2.05, 4.69) is 15.3 Å². The molecular formula is C27H25F3N4O3. The average molecular weight is 511 g/mol. The van der Waals surface area contributed by atoms with E-state index < -0.39 is 17.8 Å². The Labute approximate surface area is 211 Å². The molecule has 2 amide bonds. The molecule has 0 radical (unpaired) electrons. The van der Waals surface area contributed by atoms with Gasteiger partial charge in [-0.15, -0.1) is 0 Å². The average Bonchev–Trinajstić information content (AvgIpc) is 2.89. The largest absolute Gasteiger partial charge is 0.433 e. The van der Waals surface area contributed by atoms with Gasteiger partial charge in [-0.05, 0) is 67.3 Å². The van der Waals surface area contributed by atoms with Gasteiger partial charge in [0, 0.05) is 48.3 Å². The van der Waals surface area contributed by atoms with Gasteiger partial charge < -0.3 is 10.1 Å². The van der Waals surface area contributed by atoms with E-state index in [0.29, 0.717) is 31.3 Å². The van der Waals surface area contributed by atoms with Crippen LogP contribution in [0.5, 0.6) is 0 Å². The van der Waals surface area contributed by atoms with Crippen LogP contribution in [0.2, 0.25) is 0 Å². The molecule has 0 spiro atoms.